The van der Waals surface area contributed by atoms with E-state index in [1.807, 2.05) is 6.07 Å². The number of hydrogen-bond acceptors (Lipinski definition) is 4. The van der Waals surface area contributed by atoms with Gasteiger partial charge in [0.1, 0.15) is 6.10 Å². The fourth-order valence-electron chi connectivity index (χ4n) is 1.59. The second kappa shape index (κ2) is 4.02. The Kier molecular flexibility index (Phi) is 2.74. The standard InChI is InChI=1S/C10H15N3O/c11-6-9(14)10-12-5-4-8(13-10)7-2-1-3-7/h4-5,7,9,14H,1-3,6,11H2. The lowest BCUT2D eigenvalue weighted by atomic mass is 9.83. The van der Waals surface area contributed by atoms with E-state index in [0.717, 1.165) is 5.69 Å². The Hall–Kier alpha value is -1.00. The lowest BCUT2D eigenvalue weighted by molar-refractivity contribution is 0.175. The molecule has 2 rings (SSSR count). The van der Waals surface area contributed by atoms with Crippen LogP contribution in [0.15, 0.2) is 12.3 Å². The molecule has 0 aliphatic heterocycles. The van der Waals surface area contributed by atoms with Crippen molar-refractivity contribution in [3.8, 4) is 0 Å². The van der Waals surface area contributed by atoms with Crippen molar-refractivity contribution in [2.75, 3.05) is 6.54 Å². The molecule has 0 radical (unpaired) electrons. The van der Waals surface area contributed by atoms with Gasteiger partial charge in [-0.25, -0.2) is 9.97 Å². The number of aromatic nitrogens is 2. The van der Waals surface area contributed by atoms with Crippen LogP contribution in [0.3, 0.4) is 0 Å². The minimum atomic E-state index is -0.727. The highest BCUT2D eigenvalue weighted by Crippen LogP contribution is 2.35. The molecule has 0 spiro atoms. The number of nitrogens with zero attached hydrogens (tertiary/aromatic N) is 2. The normalized spacial score (nSPS) is 19.0. The number of aliphatic hydroxyl groups is 1. The summed E-state index contributed by atoms with van der Waals surface area (Å²) in [7, 11) is 0. The molecule has 1 aliphatic rings. The monoisotopic (exact) mass is 193 g/mol. The Labute approximate surface area is 83.2 Å². The summed E-state index contributed by atoms with van der Waals surface area (Å²) in [6, 6.07) is 1.93. The van der Waals surface area contributed by atoms with Gasteiger partial charge in [-0.2, -0.15) is 0 Å². The van der Waals surface area contributed by atoms with Gasteiger partial charge in [0.25, 0.3) is 0 Å². The van der Waals surface area contributed by atoms with Gasteiger partial charge in [-0.15, -0.1) is 0 Å². The van der Waals surface area contributed by atoms with Crippen molar-refractivity contribution in [1.29, 1.82) is 0 Å². The lowest BCUT2D eigenvalue weighted by Gasteiger charge is -2.25. The van der Waals surface area contributed by atoms with Crippen molar-refractivity contribution < 1.29 is 5.11 Å². The van der Waals surface area contributed by atoms with Gasteiger partial charge in [0.05, 0.1) is 0 Å². The van der Waals surface area contributed by atoms with E-state index in [2.05, 4.69) is 9.97 Å². The summed E-state index contributed by atoms with van der Waals surface area (Å²) in [6.45, 7) is 0.175. The predicted molar refractivity (Wildman–Crippen MR) is 52.6 cm³/mol. The average molecular weight is 193 g/mol. The first-order chi connectivity index (χ1) is 6.81. The predicted octanol–water partition coefficient (Wildman–Crippen LogP) is 0.736. The van der Waals surface area contributed by atoms with Gasteiger partial charge < -0.3 is 10.8 Å². The quantitative estimate of drug-likeness (QED) is 0.742. The van der Waals surface area contributed by atoms with Gasteiger partial charge in [0.2, 0.25) is 0 Å². The van der Waals surface area contributed by atoms with E-state index in [1.165, 1.54) is 19.3 Å². The molecular weight excluding hydrogens is 178 g/mol. The van der Waals surface area contributed by atoms with E-state index in [4.69, 9.17) is 5.73 Å². The molecule has 0 saturated heterocycles. The van der Waals surface area contributed by atoms with Crippen molar-refractivity contribution in [2.24, 2.45) is 5.73 Å². The summed E-state index contributed by atoms with van der Waals surface area (Å²) < 4.78 is 0. The highest BCUT2D eigenvalue weighted by atomic mass is 16.3. The fourth-order valence-corrected chi connectivity index (χ4v) is 1.59. The Balaban J connectivity index is 2.17. The maximum Gasteiger partial charge on any atom is 0.158 e. The molecule has 0 bridgehead atoms. The van der Waals surface area contributed by atoms with Crippen LogP contribution in [-0.4, -0.2) is 21.6 Å². The van der Waals surface area contributed by atoms with E-state index >= 15 is 0 Å². The van der Waals surface area contributed by atoms with Crippen LogP contribution in [-0.2, 0) is 0 Å². The third kappa shape index (κ3) is 1.76. The van der Waals surface area contributed by atoms with E-state index in [0.29, 0.717) is 11.7 Å². The molecule has 1 atom stereocenters. The van der Waals surface area contributed by atoms with Crippen molar-refractivity contribution >= 4 is 0 Å². The van der Waals surface area contributed by atoms with Gasteiger partial charge >= 0.3 is 0 Å². The van der Waals surface area contributed by atoms with E-state index < -0.39 is 6.10 Å². The maximum absolute atomic E-state index is 9.48. The van der Waals surface area contributed by atoms with Gasteiger partial charge in [0, 0.05) is 24.4 Å². The molecule has 4 nitrogen and oxygen atoms in total. The summed E-state index contributed by atoms with van der Waals surface area (Å²) in [6.07, 6.45) is 4.66. The molecule has 1 heterocycles. The molecule has 14 heavy (non-hydrogen) atoms. The van der Waals surface area contributed by atoms with Crippen LogP contribution in [0.25, 0.3) is 0 Å². The third-order valence-corrected chi connectivity index (χ3v) is 2.74. The van der Waals surface area contributed by atoms with Crippen LogP contribution in [0, 0.1) is 0 Å². The maximum atomic E-state index is 9.48. The zero-order chi connectivity index (χ0) is 9.97. The fraction of sp³-hybridized carbons (Fsp3) is 0.600. The number of rotatable bonds is 3. The second-order valence-corrected chi connectivity index (χ2v) is 3.72. The SMILES string of the molecule is NCC(O)c1nccc(C2CCC2)n1. The molecule has 76 valence electrons. The van der Waals surface area contributed by atoms with Gasteiger partial charge in [0.15, 0.2) is 5.82 Å². The first-order valence-electron chi connectivity index (χ1n) is 5.02. The molecule has 4 heteroatoms. The summed E-state index contributed by atoms with van der Waals surface area (Å²) in [5.41, 5.74) is 6.40. The number of aliphatic hydroxyl groups excluding tert-OH is 1. The number of nitrogens with two attached hydrogens (primary N) is 1. The van der Waals surface area contributed by atoms with Crippen molar-refractivity contribution in [3.05, 3.63) is 23.8 Å². The molecular formula is C10H15N3O. The first kappa shape index (κ1) is 9.55. The second-order valence-electron chi connectivity index (χ2n) is 3.72. The van der Waals surface area contributed by atoms with E-state index in [9.17, 15) is 5.11 Å². The minimum absolute atomic E-state index is 0.175. The highest BCUT2D eigenvalue weighted by molar-refractivity contribution is 5.12. The van der Waals surface area contributed by atoms with E-state index in [-0.39, 0.29) is 6.54 Å². The van der Waals surface area contributed by atoms with E-state index in [1.54, 1.807) is 6.20 Å². The first-order valence-corrected chi connectivity index (χ1v) is 5.02. The average Bonchev–Trinajstić information content (AvgIpc) is 2.14. The van der Waals surface area contributed by atoms with Crippen molar-refractivity contribution in [1.82, 2.24) is 9.97 Å². The summed E-state index contributed by atoms with van der Waals surface area (Å²) in [5, 5.41) is 9.48. The summed E-state index contributed by atoms with van der Waals surface area (Å²) in [4.78, 5) is 8.33. The smallest absolute Gasteiger partial charge is 0.158 e. The zero-order valence-corrected chi connectivity index (χ0v) is 8.06. The Bertz CT molecular complexity index is 292. The zero-order valence-electron chi connectivity index (χ0n) is 8.06. The van der Waals surface area contributed by atoms with Crippen molar-refractivity contribution in [3.63, 3.8) is 0 Å². The highest BCUT2D eigenvalue weighted by Gasteiger charge is 2.21. The molecule has 1 saturated carbocycles. The van der Waals surface area contributed by atoms with Gasteiger partial charge in [-0.05, 0) is 18.9 Å². The van der Waals surface area contributed by atoms with Crippen LogP contribution < -0.4 is 5.73 Å². The Morgan fingerprint density at radius 3 is 2.93 bits per heavy atom. The summed E-state index contributed by atoms with van der Waals surface area (Å²) in [5.74, 6) is 1.03. The lowest BCUT2D eigenvalue weighted by Crippen LogP contribution is -2.17. The molecule has 1 aromatic rings. The van der Waals surface area contributed by atoms with Crippen LogP contribution in [0.2, 0.25) is 0 Å². The molecule has 0 aromatic carbocycles. The van der Waals surface area contributed by atoms with Gasteiger partial charge in [-0.3, -0.25) is 0 Å². The molecule has 1 fully saturated rings. The largest absolute Gasteiger partial charge is 0.384 e. The number of hydrogen-bond donors (Lipinski definition) is 2. The molecule has 3 N–H and O–H groups in total. The van der Waals surface area contributed by atoms with Gasteiger partial charge in [-0.1, -0.05) is 6.42 Å². The molecule has 1 aromatic heterocycles. The third-order valence-electron chi connectivity index (χ3n) is 2.74. The summed E-state index contributed by atoms with van der Waals surface area (Å²) >= 11 is 0. The Morgan fingerprint density at radius 2 is 2.36 bits per heavy atom. The van der Waals surface area contributed by atoms with Crippen LogP contribution in [0.1, 0.15) is 42.8 Å². The van der Waals surface area contributed by atoms with Crippen LogP contribution in [0.4, 0.5) is 0 Å². The van der Waals surface area contributed by atoms with Crippen LogP contribution in [0.5, 0.6) is 0 Å². The minimum Gasteiger partial charge on any atom is -0.384 e. The van der Waals surface area contributed by atoms with Crippen molar-refractivity contribution in [2.45, 2.75) is 31.3 Å². The Morgan fingerprint density at radius 1 is 1.57 bits per heavy atom. The van der Waals surface area contributed by atoms with Crippen LogP contribution >= 0.6 is 0 Å². The molecule has 0 amide bonds. The topological polar surface area (TPSA) is 72.0 Å². The molecule has 1 unspecified atom stereocenters. The molecule has 1 aliphatic carbocycles.